The normalized spacial score (nSPS) is 11.3. The fourth-order valence-electron chi connectivity index (χ4n) is 5.59. The molecule has 0 aliphatic heterocycles. The fraction of sp³-hybridized carbons (Fsp3) is 0. The lowest BCUT2D eigenvalue weighted by molar-refractivity contribution is 1.08. The molecule has 0 saturated heterocycles. The van der Waals surface area contributed by atoms with E-state index in [-0.39, 0.29) is 0 Å². The van der Waals surface area contributed by atoms with Crippen LogP contribution in [0.25, 0.3) is 76.6 Å². The summed E-state index contributed by atoms with van der Waals surface area (Å²) in [5, 5.41) is 2.48. The highest BCUT2D eigenvalue weighted by atomic mass is 32.1. The number of fused-ring (bicyclic) bond motifs is 3. The number of thiophene rings is 1. The highest BCUT2D eigenvalue weighted by Gasteiger charge is 2.16. The third-order valence-corrected chi connectivity index (χ3v) is 8.98. The van der Waals surface area contributed by atoms with Gasteiger partial charge in [-0.2, -0.15) is 0 Å². The second-order valence-electron chi connectivity index (χ2n) is 10.5. The van der Waals surface area contributed by atoms with Crippen LogP contribution < -0.4 is 0 Å². The summed E-state index contributed by atoms with van der Waals surface area (Å²) < 4.78 is 2.45. The largest absolute Gasteiger partial charge is 0.208 e. The van der Waals surface area contributed by atoms with Crippen molar-refractivity contribution in [2.45, 2.75) is 0 Å². The van der Waals surface area contributed by atoms with Gasteiger partial charge in [0.15, 0.2) is 17.5 Å². The molecule has 4 heteroatoms. The minimum atomic E-state index is 0.657. The van der Waals surface area contributed by atoms with Gasteiger partial charge in [0.25, 0.3) is 0 Å². The molecule has 0 bridgehead atoms. The quantitative estimate of drug-likeness (QED) is 0.208. The van der Waals surface area contributed by atoms with Crippen molar-refractivity contribution in [3.8, 4) is 56.4 Å². The first kappa shape index (κ1) is 25.3. The predicted octanol–water partition coefficient (Wildman–Crippen LogP) is 10.6. The van der Waals surface area contributed by atoms with Gasteiger partial charge in [-0.05, 0) is 40.5 Å². The number of nitrogens with zero attached hydrogens (tertiary/aromatic N) is 3. The Morgan fingerprint density at radius 2 is 0.860 bits per heavy atom. The van der Waals surface area contributed by atoms with Gasteiger partial charge in [-0.1, -0.05) is 133 Å². The topological polar surface area (TPSA) is 38.7 Å². The maximum absolute atomic E-state index is 5.09. The van der Waals surface area contributed by atoms with E-state index in [9.17, 15) is 0 Å². The molecule has 0 fully saturated rings. The molecule has 8 rings (SSSR count). The van der Waals surface area contributed by atoms with Gasteiger partial charge in [-0.25, -0.2) is 15.0 Å². The number of hydrogen-bond acceptors (Lipinski definition) is 4. The minimum absolute atomic E-state index is 0.657. The molecule has 0 aliphatic rings. The molecule has 202 valence electrons. The van der Waals surface area contributed by atoms with Crippen molar-refractivity contribution in [2.75, 3.05) is 0 Å². The zero-order valence-electron chi connectivity index (χ0n) is 23.2. The minimum Gasteiger partial charge on any atom is -0.208 e. The van der Waals surface area contributed by atoms with Gasteiger partial charge < -0.3 is 0 Å². The predicted molar refractivity (Wildman–Crippen MR) is 180 cm³/mol. The van der Waals surface area contributed by atoms with E-state index in [0.29, 0.717) is 17.5 Å². The Morgan fingerprint density at radius 3 is 1.63 bits per heavy atom. The van der Waals surface area contributed by atoms with E-state index in [1.165, 1.54) is 31.3 Å². The number of benzene rings is 6. The van der Waals surface area contributed by atoms with Crippen LogP contribution in [0.3, 0.4) is 0 Å². The molecule has 2 aromatic heterocycles. The average molecular weight is 568 g/mol. The standard InChI is InChI=1S/C39H25N3S/c1-3-11-26(12-4-1)27-21-23-28(24-22-27)30-15-9-16-31(25-30)38-40-37(29-13-5-2-6-14-29)41-39(42-38)34-19-10-18-33-32-17-7-8-20-35(32)43-36(33)34/h1-25H. The fourth-order valence-corrected chi connectivity index (χ4v) is 6.80. The Bertz CT molecular complexity index is 2220. The van der Waals surface area contributed by atoms with Crippen molar-refractivity contribution in [3.05, 3.63) is 152 Å². The van der Waals surface area contributed by atoms with Crippen LogP contribution in [0.1, 0.15) is 0 Å². The molecular formula is C39H25N3S. The Morgan fingerprint density at radius 1 is 0.349 bits per heavy atom. The van der Waals surface area contributed by atoms with Gasteiger partial charge in [0.05, 0.1) is 0 Å². The van der Waals surface area contributed by atoms with Crippen LogP contribution in [0.2, 0.25) is 0 Å². The van der Waals surface area contributed by atoms with E-state index in [0.717, 1.165) is 27.8 Å². The summed E-state index contributed by atoms with van der Waals surface area (Å²) in [5.74, 6) is 2.00. The van der Waals surface area contributed by atoms with E-state index >= 15 is 0 Å². The van der Waals surface area contributed by atoms with Crippen LogP contribution in [-0.2, 0) is 0 Å². The maximum atomic E-state index is 5.09. The molecule has 3 nitrogen and oxygen atoms in total. The van der Waals surface area contributed by atoms with E-state index in [1.807, 2.05) is 36.4 Å². The van der Waals surface area contributed by atoms with Crippen LogP contribution in [0.15, 0.2) is 152 Å². The Labute approximate surface area is 253 Å². The highest BCUT2D eigenvalue weighted by Crippen LogP contribution is 2.39. The molecule has 8 aromatic rings. The highest BCUT2D eigenvalue weighted by molar-refractivity contribution is 7.26. The molecule has 0 amide bonds. The van der Waals surface area contributed by atoms with E-state index in [2.05, 4.69) is 115 Å². The van der Waals surface area contributed by atoms with Crippen molar-refractivity contribution >= 4 is 31.5 Å². The van der Waals surface area contributed by atoms with Crippen molar-refractivity contribution in [2.24, 2.45) is 0 Å². The zero-order chi connectivity index (χ0) is 28.6. The van der Waals surface area contributed by atoms with Crippen molar-refractivity contribution in [1.29, 1.82) is 0 Å². The van der Waals surface area contributed by atoms with Crippen LogP contribution >= 0.6 is 11.3 Å². The molecule has 0 aliphatic carbocycles. The smallest absolute Gasteiger partial charge is 0.165 e. The van der Waals surface area contributed by atoms with Crippen LogP contribution in [0, 0.1) is 0 Å². The lowest BCUT2D eigenvalue weighted by atomic mass is 9.99. The average Bonchev–Trinajstić information content (AvgIpc) is 3.48. The maximum Gasteiger partial charge on any atom is 0.165 e. The number of hydrogen-bond donors (Lipinski definition) is 0. The van der Waals surface area contributed by atoms with Gasteiger partial charge in [0.2, 0.25) is 0 Å². The Balaban J connectivity index is 1.26. The summed E-state index contributed by atoms with van der Waals surface area (Å²) in [7, 11) is 0. The first-order chi connectivity index (χ1) is 21.3. The molecule has 0 unspecified atom stereocenters. The zero-order valence-corrected chi connectivity index (χ0v) is 24.0. The van der Waals surface area contributed by atoms with Gasteiger partial charge in [0.1, 0.15) is 0 Å². The summed E-state index contributed by atoms with van der Waals surface area (Å²) >= 11 is 1.79. The molecule has 0 saturated carbocycles. The third-order valence-electron chi connectivity index (χ3n) is 7.76. The SMILES string of the molecule is c1ccc(-c2ccc(-c3cccc(-c4nc(-c5ccccc5)nc(-c5cccc6c5sc5ccccc56)n4)c3)cc2)cc1. The summed E-state index contributed by atoms with van der Waals surface area (Å²) in [4.78, 5) is 15.1. The molecule has 0 radical (unpaired) electrons. The van der Waals surface area contributed by atoms with Crippen LogP contribution in [-0.4, -0.2) is 15.0 Å². The summed E-state index contributed by atoms with van der Waals surface area (Å²) in [6, 6.07) is 52.7. The molecule has 43 heavy (non-hydrogen) atoms. The third kappa shape index (κ3) is 4.78. The molecule has 6 aromatic carbocycles. The lowest BCUT2D eigenvalue weighted by Crippen LogP contribution is -2.00. The van der Waals surface area contributed by atoms with Gasteiger partial charge in [0, 0.05) is 36.9 Å². The van der Waals surface area contributed by atoms with E-state index in [1.54, 1.807) is 11.3 Å². The number of rotatable bonds is 5. The molecule has 0 N–H and O–H groups in total. The molecule has 0 spiro atoms. The second kappa shape index (κ2) is 10.8. The van der Waals surface area contributed by atoms with Crippen molar-refractivity contribution in [1.82, 2.24) is 15.0 Å². The first-order valence-corrected chi connectivity index (χ1v) is 15.1. The Kier molecular flexibility index (Phi) is 6.32. The summed E-state index contributed by atoms with van der Waals surface area (Å²) in [6.07, 6.45) is 0. The first-order valence-electron chi connectivity index (χ1n) is 14.3. The van der Waals surface area contributed by atoms with Crippen molar-refractivity contribution < 1.29 is 0 Å². The number of aromatic nitrogens is 3. The summed E-state index contributed by atoms with van der Waals surface area (Å²) in [5.41, 5.74) is 7.61. The van der Waals surface area contributed by atoms with Crippen molar-refractivity contribution in [3.63, 3.8) is 0 Å². The summed E-state index contributed by atoms with van der Waals surface area (Å²) in [6.45, 7) is 0. The van der Waals surface area contributed by atoms with Gasteiger partial charge in [-0.15, -0.1) is 11.3 Å². The molecule has 0 atom stereocenters. The monoisotopic (exact) mass is 567 g/mol. The van der Waals surface area contributed by atoms with Gasteiger partial charge in [-0.3, -0.25) is 0 Å². The van der Waals surface area contributed by atoms with Crippen LogP contribution in [0.5, 0.6) is 0 Å². The van der Waals surface area contributed by atoms with Gasteiger partial charge >= 0.3 is 0 Å². The lowest BCUT2D eigenvalue weighted by Gasteiger charge is -2.10. The second-order valence-corrected chi connectivity index (χ2v) is 11.5. The molecular weight excluding hydrogens is 543 g/mol. The van der Waals surface area contributed by atoms with Crippen LogP contribution in [0.4, 0.5) is 0 Å². The van der Waals surface area contributed by atoms with E-state index in [4.69, 9.17) is 15.0 Å². The molecule has 2 heterocycles. The Hall–Kier alpha value is -5.45. The van der Waals surface area contributed by atoms with E-state index < -0.39 is 0 Å².